The summed E-state index contributed by atoms with van der Waals surface area (Å²) in [5, 5.41) is 5.73. The Balaban J connectivity index is 1.55. The standard InChI is InChI=1S/C13H22N2S/c1-13(2)7-3-4-11(13)15-12-14-8-10(16-12)9-5-6-9/h9-11H,3-8H2,1-2H3,(H,14,15). The lowest BCUT2D eigenvalue weighted by atomic mass is 9.87. The van der Waals surface area contributed by atoms with E-state index in [1.165, 1.54) is 37.3 Å². The van der Waals surface area contributed by atoms with Crippen LogP contribution in [-0.4, -0.2) is 23.0 Å². The Labute approximate surface area is 103 Å². The molecular weight excluding hydrogens is 216 g/mol. The Morgan fingerprint density at radius 2 is 2.12 bits per heavy atom. The van der Waals surface area contributed by atoms with Gasteiger partial charge in [-0.25, -0.2) is 0 Å². The van der Waals surface area contributed by atoms with Gasteiger partial charge < -0.3 is 5.32 Å². The van der Waals surface area contributed by atoms with E-state index in [9.17, 15) is 0 Å². The molecule has 2 nitrogen and oxygen atoms in total. The minimum Gasteiger partial charge on any atom is -0.362 e. The molecule has 0 radical (unpaired) electrons. The van der Waals surface area contributed by atoms with Crippen LogP contribution in [0.4, 0.5) is 0 Å². The highest BCUT2D eigenvalue weighted by molar-refractivity contribution is 8.14. The fourth-order valence-electron chi connectivity index (χ4n) is 2.93. The normalized spacial score (nSPS) is 37.5. The fourth-order valence-corrected chi connectivity index (χ4v) is 4.19. The van der Waals surface area contributed by atoms with Crippen LogP contribution >= 0.6 is 11.8 Å². The first-order valence-corrected chi connectivity index (χ1v) is 7.51. The molecular formula is C13H22N2S. The van der Waals surface area contributed by atoms with Gasteiger partial charge in [0.2, 0.25) is 0 Å². The van der Waals surface area contributed by atoms with Crippen molar-refractivity contribution in [2.24, 2.45) is 16.3 Å². The molecule has 1 aliphatic heterocycles. The number of amidine groups is 1. The van der Waals surface area contributed by atoms with Crippen LogP contribution in [0.1, 0.15) is 46.0 Å². The Bertz CT molecular complexity index is 307. The Morgan fingerprint density at radius 3 is 2.75 bits per heavy atom. The molecule has 2 aliphatic carbocycles. The summed E-state index contributed by atoms with van der Waals surface area (Å²) in [6.45, 7) is 5.83. The summed E-state index contributed by atoms with van der Waals surface area (Å²) in [7, 11) is 0. The highest BCUT2D eigenvalue weighted by Crippen LogP contribution is 2.43. The van der Waals surface area contributed by atoms with E-state index in [4.69, 9.17) is 0 Å². The van der Waals surface area contributed by atoms with Gasteiger partial charge in [-0.05, 0) is 37.0 Å². The van der Waals surface area contributed by atoms with Gasteiger partial charge in [0.15, 0.2) is 5.17 Å². The number of rotatable bonds is 2. The molecule has 90 valence electrons. The molecule has 2 unspecified atom stereocenters. The van der Waals surface area contributed by atoms with Crippen LogP contribution in [0.25, 0.3) is 0 Å². The van der Waals surface area contributed by atoms with E-state index >= 15 is 0 Å². The maximum Gasteiger partial charge on any atom is 0.157 e. The molecule has 0 saturated heterocycles. The van der Waals surface area contributed by atoms with Crippen molar-refractivity contribution in [3.8, 4) is 0 Å². The first-order valence-electron chi connectivity index (χ1n) is 6.63. The number of nitrogens with zero attached hydrogens (tertiary/aromatic N) is 1. The van der Waals surface area contributed by atoms with E-state index in [0.29, 0.717) is 11.5 Å². The van der Waals surface area contributed by atoms with Gasteiger partial charge in [-0.3, -0.25) is 4.99 Å². The zero-order valence-electron chi connectivity index (χ0n) is 10.3. The van der Waals surface area contributed by atoms with Crippen molar-refractivity contribution in [2.45, 2.75) is 57.2 Å². The van der Waals surface area contributed by atoms with Crippen molar-refractivity contribution in [3.63, 3.8) is 0 Å². The molecule has 2 atom stereocenters. The summed E-state index contributed by atoms with van der Waals surface area (Å²) in [6, 6.07) is 0.650. The first-order chi connectivity index (χ1) is 7.65. The summed E-state index contributed by atoms with van der Waals surface area (Å²) in [6.07, 6.45) is 6.93. The molecule has 2 fully saturated rings. The van der Waals surface area contributed by atoms with E-state index in [2.05, 4.69) is 24.2 Å². The minimum atomic E-state index is 0.459. The van der Waals surface area contributed by atoms with E-state index in [0.717, 1.165) is 17.7 Å². The topological polar surface area (TPSA) is 24.4 Å². The molecule has 2 saturated carbocycles. The molecule has 0 spiro atoms. The molecule has 3 rings (SSSR count). The smallest absolute Gasteiger partial charge is 0.157 e. The summed E-state index contributed by atoms with van der Waals surface area (Å²) in [5.74, 6) is 0.977. The maximum absolute atomic E-state index is 4.68. The molecule has 3 aliphatic rings. The Morgan fingerprint density at radius 1 is 1.31 bits per heavy atom. The van der Waals surface area contributed by atoms with E-state index in [-0.39, 0.29) is 0 Å². The quantitative estimate of drug-likeness (QED) is 0.799. The van der Waals surface area contributed by atoms with Crippen molar-refractivity contribution in [2.75, 3.05) is 6.54 Å². The second kappa shape index (κ2) is 3.94. The number of hydrogen-bond donors (Lipinski definition) is 1. The van der Waals surface area contributed by atoms with Gasteiger partial charge in [-0.15, -0.1) is 0 Å². The third kappa shape index (κ3) is 2.11. The van der Waals surface area contributed by atoms with Crippen molar-refractivity contribution >= 4 is 16.9 Å². The summed E-state index contributed by atoms with van der Waals surface area (Å²) >= 11 is 2.01. The van der Waals surface area contributed by atoms with Gasteiger partial charge in [0.1, 0.15) is 0 Å². The fraction of sp³-hybridized carbons (Fsp3) is 0.923. The second-order valence-electron chi connectivity index (χ2n) is 6.22. The predicted octanol–water partition coefficient (Wildman–Crippen LogP) is 3.04. The van der Waals surface area contributed by atoms with E-state index in [1.54, 1.807) is 0 Å². The van der Waals surface area contributed by atoms with Crippen molar-refractivity contribution < 1.29 is 0 Å². The van der Waals surface area contributed by atoms with Crippen LogP contribution in [-0.2, 0) is 0 Å². The van der Waals surface area contributed by atoms with Crippen LogP contribution in [0.3, 0.4) is 0 Å². The maximum atomic E-state index is 4.68. The number of nitrogens with one attached hydrogen (secondary N) is 1. The summed E-state index contributed by atoms with van der Waals surface area (Å²) in [5.41, 5.74) is 0.459. The van der Waals surface area contributed by atoms with Crippen LogP contribution < -0.4 is 5.32 Å². The monoisotopic (exact) mass is 238 g/mol. The molecule has 0 aromatic carbocycles. The molecule has 0 aromatic rings. The van der Waals surface area contributed by atoms with Crippen molar-refractivity contribution in [1.82, 2.24) is 5.32 Å². The van der Waals surface area contributed by atoms with Crippen LogP contribution in [0.5, 0.6) is 0 Å². The van der Waals surface area contributed by atoms with Crippen molar-refractivity contribution in [1.29, 1.82) is 0 Å². The molecule has 0 bridgehead atoms. The number of hydrogen-bond acceptors (Lipinski definition) is 3. The van der Waals surface area contributed by atoms with Gasteiger partial charge >= 0.3 is 0 Å². The molecule has 1 N–H and O–H groups in total. The van der Waals surface area contributed by atoms with E-state index in [1.807, 2.05) is 11.8 Å². The largest absolute Gasteiger partial charge is 0.362 e. The van der Waals surface area contributed by atoms with Crippen molar-refractivity contribution in [3.05, 3.63) is 0 Å². The average Bonchev–Trinajstić information content (AvgIpc) is 2.89. The Hall–Kier alpha value is -0.180. The molecule has 16 heavy (non-hydrogen) atoms. The lowest BCUT2D eigenvalue weighted by Gasteiger charge is -2.28. The number of aliphatic imine (C=N–C) groups is 1. The van der Waals surface area contributed by atoms with Crippen LogP contribution in [0.15, 0.2) is 4.99 Å². The SMILES string of the molecule is CC1(C)CCCC1NC1=NCC(C2CC2)S1. The van der Waals surface area contributed by atoms with Gasteiger partial charge in [0, 0.05) is 11.3 Å². The average molecular weight is 238 g/mol. The zero-order chi connectivity index (χ0) is 11.2. The Kier molecular flexibility index (Phi) is 2.69. The zero-order valence-corrected chi connectivity index (χ0v) is 11.1. The molecule has 1 heterocycles. The van der Waals surface area contributed by atoms with E-state index < -0.39 is 0 Å². The highest BCUT2D eigenvalue weighted by Gasteiger charge is 2.38. The minimum absolute atomic E-state index is 0.459. The lowest BCUT2D eigenvalue weighted by molar-refractivity contribution is 0.312. The predicted molar refractivity (Wildman–Crippen MR) is 71.0 cm³/mol. The van der Waals surface area contributed by atoms with Gasteiger partial charge in [0.05, 0.1) is 6.54 Å². The van der Waals surface area contributed by atoms with Gasteiger partial charge in [-0.2, -0.15) is 0 Å². The van der Waals surface area contributed by atoms with Gasteiger partial charge in [-0.1, -0.05) is 32.0 Å². The second-order valence-corrected chi connectivity index (χ2v) is 7.45. The highest BCUT2D eigenvalue weighted by atomic mass is 32.2. The first kappa shape index (κ1) is 10.9. The molecule has 0 amide bonds. The third-order valence-electron chi connectivity index (χ3n) is 4.38. The number of thioether (sulfide) groups is 1. The molecule has 0 aromatic heterocycles. The third-order valence-corrected chi connectivity index (χ3v) is 5.69. The molecule has 3 heteroatoms. The lowest BCUT2D eigenvalue weighted by Crippen LogP contribution is -2.40. The summed E-state index contributed by atoms with van der Waals surface area (Å²) < 4.78 is 0. The van der Waals surface area contributed by atoms with Crippen LogP contribution in [0.2, 0.25) is 0 Å². The summed E-state index contributed by atoms with van der Waals surface area (Å²) in [4.78, 5) is 4.68. The van der Waals surface area contributed by atoms with Crippen LogP contribution in [0, 0.1) is 11.3 Å². The van der Waals surface area contributed by atoms with Gasteiger partial charge in [0.25, 0.3) is 0 Å².